The van der Waals surface area contributed by atoms with E-state index >= 15 is 0 Å². The van der Waals surface area contributed by atoms with Gasteiger partial charge in [0.2, 0.25) is 0 Å². The van der Waals surface area contributed by atoms with E-state index in [1.165, 1.54) is 31.4 Å². The number of nitro benzene ring substituents is 1. The number of nitrogens with one attached hydrogen (secondary N) is 2. The van der Waals surface area contributed by atoms with Crippen molar-refractivity contribution in [3.05, 3.63) is 39.9 Å². The highest BCUT2D eigenvalue weighted by Crippen LogP contribution is 2.24. The molecule has 1 heterocycles. The van der Waals surface area contributed by atoms with Gasteiger partial charge >= 0.3 is 6.09 Å². The van der Waals surface area contributed by atoms with Crippen LogP contribution in [0, 0.1) is 10.1 Å². The smallest absolute Gasteiger partial charge is 0.407 e. The Bertz CT molecular complexity index is 710. The zero-order chi connectivity index (χ0) is 19.8. The van der Waals surface area contributed by atoms with E-state index in [2.05, 4.69) is 10.6 Å². The third kappa shape index (κ3) is 6.22. The van der Waals surface area contributed by atoms with Gasteiger partial charge in [0, 0.05) is 32.2 Å². The molecule has 1 aliphatic heterocycles. The number of alkyl carbamates (subject to hydrolysis) is 1. The number of hydrogen-bond donors (Lipinski definition) is 2. The summed E-state index contributed by atoms with van der Waals surface area (Å²) in [7, 11) is 1.41. The summed E-state index contributed by atoms with van der Waals surface area (Å²) in [5.41, 5.74) is 0.585. The van der Waals surface area contributed by atoms with Crippen molar-refractivity contribution in [3.63, 3.8) is 0 Å². The molecule has 0 unspecified atom stereocenters. The number of amides is 2. The minimum Gasteiger partial charge on any atom is -0.445 e. The number of thioether (sulfide) groups is 1. The standard InChI is InChI=1S/C16H19N3O7S/c1-25-13-14(21)18-15(13)27-12(20)3-2-8-17-16(22)26-9-10-4-6-11(7-5-10)19(23)24/h4-7,13,15H,2-3,8-9H2,1H3,(H,17,22)(H,18,21)/t13-,15-/m0/s1. The zero-order valence-corrected chi connectivity index (χ0v) is 15.3. The first-order valence-corrected chi connectivity index (χ1v) is 8.95. The second-order valence-electron chi connectivity index (χ2n) is 5.61. The van der Waals surface area contributed by atoms with Gasteiger partial charge in [-0.15, -0.1) is 0 Å². The normalized spacial score (nSPS) is 18.2. The molecule has 0 radical (unpaired) electrons. The van der Waals surface area contributed by atoms with Crippen LogP contribution in [0.2, 0.25) is 0 Å². The second kappa shape index (κ2) is 9.88. The lowest BCUT2D eigenvalue weighted by Gasteiger charge is -2.34. The molecule has 2 rings (SSSR count). The number of nitro groups is 1. The van der Waals surface area contributed by atoms with E-state index < -0.39 is 17.1 Å². The Kier molecular flexibility index (Phi) is 7.55. The SMILES string of the molecule is CO[C@H]1C(=O)N[C@H]1SC(=O)CCCNC(=O)OCc1ccc([N+](=O)[O-])cc1. The first-order chi connectivity index (χ1) is 12.9. The number of methoxy groups -OCH3 is 1. The van der Waals surface area contributed by atoms with Gasteiger partial charge in [-0.25, -0.2) is 4.79 Å². The van der Waals surface area contributed by atoms with Gasteiger partial charge in [0.1, 0.15) is 12.0 Å². The highest BCUT2D eigenvalue weighted by atomic mass is 32.2. The van der Waals surface area contributed by atoms with Crippen molar-refractivity contribution in [2.75, 3.05) is 13.7 Å². The summed E-state index contributed by atoms with van der Waals surface area (Å²) >= 11 is 1.00. The van der Waals surface area contributed by atoms with Crippen LogP contribution in [0.1, 0.15) is 18.4 Å². The van der Waals surface area contributed by atoms with Crippen molar-refractivity contribution in [3.8, 4) is 0 Å². The molecule has 0 spiro atoms. The molecule has 11 heteroatoms. The fourth-order valence-corrected chi connectivity index (χ4v) is 3.28. The molecule has 0 bridgehead atoms. The Morgan fingerprint density at radius 3 is 2.63 bits per heavy atom. The number of carbonyl (C=O) groups is 3. The van der Waals surface area contributed by atoms with Crippen LogP contribution in [-0.4, -0.2) is 47.2 Å². The monoisotopic (exact) mass is 397 g/mol. The van der Waals surface area contributed by atoms with Crippen LogP contribution in [0.15, 0.2) is 24.3 Å². The van der Waals surface area contributed by atoms with Gasteiger partial charge in [0.25, 0.3) is 11.6 Å². The van der Waals surface area contributed by atoms with Gasteiger partial charge in [-0.1, -0.05) is 11.8 Å². The van der Waals surface area contributed by atoms with E-state index in [0.29, 0.717) is 12.0 Å². The minimum atomic E-state index is -0.640. The van der Waals surface area contributed by atoms with E-state index in [-0.39, 0.29) is 41.7 Å². The number of benzene rings is 1. The second-order valence-corrected chi connectivity index (χ2v) is 6.80. The van der Waals surface area contributed by atoms with Crippen LogP contribution in [0.3, 0.4) is 0 Å². The third-order valence-corrected chi connectivity index (χ3v) is 4.76. The Hall–Kier alpha value is -2.66. The van der Waals surface area contributed by atoms with Crippen LogP contribution in [0.4, 0.5) is 10.5 Å². The van der Waals surface area contributed by atoms with Crippen molar-refractivity contribution in [1.82, 2.24) is 10.6 Å². The van der Waals surface area contributed by atoms with E-state index in [1.807, 2.05) is 0 Å². The summed E-state index contributed by atoms with van der Waals surface area (Å²) in [5, 5.41) is 15.2. The van der Waals surface area contributed by atoms with Crippen molar-refractivity contribution < 1.29 is 28.8 Å². The number of nitrogens with zero attached hydrogens (tertiary/aromatic N) is 1. The predicted octanol–water partition coefficient (Wildman–Crippen LogP) is 1.33. The Morgan fingerprint density at radius 2 is 2.04 bits per heavy atom. The summed E-state index contributed by atoms with van der Waals surface area (Å²) < 4.78 is 9.95. The molecular formula is C16H19N3O7S. The Balaban J connectivity index is 1.57. The number of hydrogen-bond acceptors (Lipinski definition) is 8. The van der Waals surface area contributed by atoms with Crippen LogP contribution < -0.4 is 10.6 Å². The molecule has 0 aromatic heterocycles. The third-order valence-electron chi connectivity index (χ3n) is 3.67. The molecular weight excluding hydrogens is 378 g/mol. The van der Waals surface area contributed by atoms with Crippen LogP contribution in [0.25, 0.3) is 0 Å². The number of non-ortho nitro benzene ring substituents is 1. The number of rotatable bonds is 9. The van der Waals surface area contributed by atoms with E-state index in [1.54, 1.807) is 0 Å². The molecule has 146 valence electrons. The fourth-order valence-electron chi connectivity index (χ4n) is 2.20. The molecule has 1 saturated heterocycles. The maximum Gasteiger partial charge on any atom is 0.407 e. The first-order valence-electron chi connectivity index (χ1n) is 8.07. The molecule has 1 fully saturated rings. The maximum absolute atomic E-state index is 11.8. The number of carbonyl (C=O) groups excluding carboxylic acids is 3. The topological polar surface area (TPSA) is 137 Å². The van der Waals surface area contributed by atoms with Crippen LogP contribution >= 0.6 is 11.8 Å². The molecule has 0 saturated carbocycles. The van der Waals surface area contributed by atoms with Crippen molar-refractivity contribution in [2.45, 2.75) is 30.9 Å². The van der Waals surface area contributed by atoms with Gasteiger partial charge in [-0.3, -0.25) is 19.7 Å². The van der Waals surface area contributed by atoms with Crippen molar-refractivity contribution in [2.24, 2.45) is 0 Å². The summed E-state index contributed by atoms with van der Waals surface area (Å²) in [6.07, 6.45) is -0.585. The average molecular weight is 397 g/mol. The molecule has 2 atom stereocenters. The molecule has 10 nitrogen and oxygen atoms in total. The summed E-state index contributed by atoms with van der Waals surface area (Å²) in [6, 6.07) is 5.68. The van der Waals surface area contributed by atoms with Gasteiger partial charge in [-0.2, -0.15) is 0 Å². The molecule has 1 aliphatic rings. The lowest BCUT2D eigenvalue weighted by atomic mass is 10.2. The minimum absolute atomic E-state index is 0.0155. The average Bonchev–Trinajstić information content (AvgIpc) is 2.63. The van der Waals surface area contributed by atoms with Crippen LogP contribution in [0.5, 0.6) is 0 Å². The van der Waals surface area contributed by atoms with Crippen LogP contribution in [-0.2, 0) is 25.7 Å². The van der Waals surface area contributed by atoms with E-state index in [0.717, 1.165) is 11.8 Å². The first kappa shape index (κ1) is 20.6. The Morgan fingerprint density at radius 1 is 1.33 bits per heavy atom. The van der Waals surface area contributed by atoms with Gasteiger partial charge in [-0.05, 0) is 24.1 Å². The Labute approximate surface area is 159 Å². The zero-order valence-electron chi connectivity index (χ0n) is 14.5. The lowest BCUT2D eigenvalue weighted by Crippen LogP contribution is -2.61. The molecule has 27 heavy (non-hydrogen) atoms. The fraction of sp³-hybridized carbons (Fsp3) is 0.438. The lowest BCUT2D eigenvalue weighted by molar-refractivity contribution is -0.384. The highest BCUT2D eigenvalue weighted by molar-refractivity contribution is 8.14. The maximum atomic E-state index is 11.8. The summed E-state index contributed by atoms with van der Waals surface area (Å²) in [4.78, 5) is 44.6. The molecule has 2 N–H and O–H groups in total. The van der Waals surface area contributed by atoms with Gasteiger partial charge in [0.15, 0.2) is 11.2 Å². The molecule has 1 aromatic rings. The van der Waals surface area contributed by atoms with Gasteiger partial charge in [0.05, 0.1) is 4.92 Å². The molecule has 1 aromatic carbocycles. The summed E-state index contributed by atoms with van der Waals surface area (Å²) in [5.74, 6) is -0.236. The quantitative estimate of drug-likeness (QED) is 0.276. The number of β-lactam (4-membered cyclic amide) rings is 1. The van der Waals surface area contributed by atoms with Crippen molar-refractivity contribution in [1.29, 1.82) is 0 Å². The largest absolute Gasteiger partial charge is 0.445 e. The highest BCUT2D eigenvalue weighted by Gasteiger charge is 2.41. The van der Waals surface area contributed by atoms with Gasteiger partial charge < -0.3 is 20.1 Å². The van der Waals surface area contributed by atoms with E-state index in [9.17, 15) is 24.5 Å². The summed E-state index contributed by atoms with van der Waals surface area (Å²) in [6.45, 7) is 0.245. The van der Waals surface area contributed by atoms with E-state index in [4.69, 9.17) is 9.47 Å². The molecule has 0 aliphatic carbocycles. The van der Waals surface area contributed by atoms with Crippen molar-refractivity contribution >= 4 is 34.6 Å². The molecule has 2 amide bonds. The number of ether oxygens (including phenoxy) is 2. The predicted molar refractivity (Wildman–Crippen MR) is 95.8 cm³/mol.